The summed E-state index contributed by atoms with van der Waals surface area (Å²) in [6, 6.07) is 19.7. The Morgan fingerprint density at radius 3 is 2.51 bits per heavy atom. The van der Waals surface area contributed by atoms with Gasteiger partial charge in [0.25, 0.3) is 10.0 Å². The maximum atomic E-state index is 14.2. The van der Waals surface area contributed by atoms with Crippen LogP contribution in [0, 0.1) is 12.8 Å². The zero-order valence-electron chi connectivity index (χ0n) is 20.2. The van der Waals surface area contributed by atoms with Crippen molar-refractivity contribution in [3.05, 3.63) is 106 Å². The largest absolute Gasteiger partial charge is 0.460 e. The number of fused-ring (bicyclic) bond motifs is 3. The Kier molecular flexibility index (Phi) is 6.74. The monoisotopic (exact) mass is 539 g/mol. The number of nitrogens with zero attached hydrogens (tertiary/aromatic N) is 1. The highest BCUT2D eigenvalue weighted by Gasteiger charge is 2.52. The normalized spacial score (nSPS) is 22.8. The second-order valence-electron chi connectivity index (χ2n) is 9.04. The van der Waals surface area contributed by atoms with Crippen LogP contribution in [-0.2, 0) is 24.3 Å². The minimum atomic E-state index is -4.10. The number of hydrogen-bond donors (Lipinski definition) is 1. The van der Waals surface area contributed by atoms with Gasteiger partial charge in [-0.2, -0.15) is 0 Å². The average Bonchev–Trinajstić information content (AvgIpc) is 2.88. The number of anilines is 1. The summed E-state index contributed by atoms with van der Waals surface area (Å²) in [5, 5.41) is 11.7. The Hall–Kier alpha value is -3.33. The molecule has 37 heavy (non-hydrogen) atoms. The van der Waals surface area contributed by atoms with E-state index in [0.29, 0.717) is 21.8 Å². The first-order valence-electron chi connectivity index (χ1n) is 11.9. The number of para-hydroxylation sites is 1. The highest BCUT2D eigenvalue weighted by atomic mass is 35.5. The number of aryl methyl sites for hydroxylation is 1. The van der Waals surface area contributed by atoms with Crippen molar-refractivity contribution in [3.63, 3.8) is 0 Å². The number of carbonyl (C=O) groups excluding carboxylic acids is 1. The van der Waals surface area contributed by atoms with Crippen LogP contribution in [0.25, 0.3) is 0 Å². The first kappa shape index (κ1) is 25.3. The molecule has 0 spiro atoms. The van der Waals surface area contributed by atoms with Gasteiger partial charge < -0.3 is 14.6 Å². The maximum absolute atomic E-state index is 14.2. The van der Waals surface area contributed by atoms with Crippen molar-refractivity contribution >= 4 is 33.3 Å². The van der Waals surface area contributed by atoms with Crippen LogP contribution in [0.5, 0.6) is 0 Å². The van der Waals surface area contributed by atoms with Crippen LogP contribution in [0.4, 0.5) is 5.69 Å². The molecule has 2 aliphatic heterocycles. The van der Waals surface area contributed by atoms with Crippen LogP contribution in [-0.4, -0.2) is 32.4 Å². The second-order valence-corrected chi connectivity index (χ2v) is 11.3. The fraction of sp³-hybridized carbons (Fsp3) is 0.250. The molecule has 2 aliphatic rings. The van der Waals surface area contributed by atoms with Crippen molar-refractivity contribution in [2.45, 2.75) is 37.0 Å². The summed E-state index contributed by atoms with van der Waals surface area (Å²) in [4.78, 5) is 12.6. The van der Waals surface area contributed by atoms with Gasteiger partial charge in [-0.05, 0) is 61.4 Å². The lowest BCUT2D eigenvalue weighted by Crippen LogP contribution is -2.50. The zero-order valence-corrected chi connectivity index (χ0v) is 21.8. The predicted molar refractivity (Wildman–Crippen MR) is 140 cm³/mol. The summed E-state index contributed by atoms with van der Waals surface area (Å²) in [5.74, 6) is -2.11. The van der Waals surface area contributed by atoms with Crippen molar-refractivity contribution in [2.75, 3.05) is 10.9 Å². The number of ether oxygens (including phenoxy) is 2. The van der Waals surface area contributed by atoms with E-state index >= 15 is 0 Å². The van der Waals surface area contributed by atoms with E-state index in [1.165, 1.54) is 4.31 Å². The highest BCUT2D eigenvalue weighted by molar-refractivity contribution is 7.92. The first-order valence-corrected chi connectivity index (χ1v) is 13.7. The molecular formula is C28H26ClNO6S. The summed E-state index contributed by atoms with van der Waals surface area (Å²) in [5.41, 5.74) is 2.61. The van der Waals surface area contributed by atoms with Gasteiger partial charge in [-0.3, -0.25) is 4.31 Å². The molecule has 0 fully saturated rings. The molecule has 0 saturated heterocycles. The maximum Gasteiger partial charge on any atom is 0.373 e. The van der Waals surface area contributed by atoms with Gasteiger partial charge in [0.15, 0.2) is 0 Å². The number of esters is 1. The van der Waals surface area contributed by atoms with Gasteiger partial charge in [0.1, 0.15) is 0 Å². The SMILES string of the molecule is CCOC(=O)C1=C[C@@H]2c3ccccc3N(S(=O)(=O)c3ccc(C)cc3)[C@H](c3cccc(Cl)c3)[C@H]2[C@@H](O)O1. The molecule has 9 heteroatoms. The van der Waals surface area contributed by atoms with Crippen LogP contribution in [0.3, 0.4) is 0 Å². The van der Waals surface area contributed by atoms with E-state index in [9.17, 15) is 18.3 Å². The van der Waals surface area contributed by atoms with E-state index in [4.69, 9.17) is 21.1 Å². The van der Waals surface area contributed by atoms with Gasteiger partial charge in [0, 0.05) is 10.9 Å². The first-order chi connectivity index (χ1) is 17.7. The number of hydrogen-bond acceptors (Lipinski definition) is 6. The molecule has 5 rings (SSSR count). The van der Waals surface area contributed by atoms with E-state index in [2.05, 4.69) is 0 Å². The topological polar surface area (TPSA) is 93.1 Å². The van der Waals surface area contributed by atoms with Crippen LogP contribution >= 0.6 is 11.6 Å². The second kappa shape index (κ2) is 9.85. The Balaban J connectivity index is 1.77. The van der Waals surface area contributed by atoms with Crippen molar-refractivity contribution in [2.24, 2.45) is 5.92 Å². The third kappa shape index (κ3) is 4.50. The third-order valence-corrected chi connectivity index (χ3v) is 8.76. The number of carbonyl (C=O) groups is 1. The number of benzene rings is 3. The average molecular weight is 540 g/mol. The summed E-state index contributed by atoms with van der Waals surface area (Å²) >= 11 is 6.34. The fourth-order valence-electron chi connectivity index (χ4n) is 5.09. The van der Waals surface area contributed by atoms with E-state index in [0.717, 1.165) is 5.56 Å². The number of aliphatic hydroxyl groups excluding tert-OH is 1. The van der Waals surface area contributed by atoms with Crippen molar-refractivity contribution in [3.8, 4) is 0 Å². The molecule has 7 nitrogen and oxygen atoms in total. The van der Waals surface area contributed by atoms with Gasteiger partial charge in [-0.15, -0.1) is 0 Å². The molecule has 0 aromatic heterocycles. The van der Waals surface area contributed by atoms with Gasteiger partial charge in [0.05, 0.1) is 29.1 Å². The molecule has 0 aliphatic carbocycles. The van der Waals surface area contributed by atoms with E-state index < -0.39 is 40.2 Å². The van der Waals surface area contributed by atoms with Crippen LogP contribution in [0.1, 0.15) is 35.6 Å². The standard InChI is InChI=1S/C28H26ClNO6S/c1-3-35-27(31)24-16-22-21-9-4-5-10-23(21)30(37(33,34)20-13-11-17(2)12-14-20)26(25(22)28(32)36-24)18-7-6-8-19(29)15-18/h4-16,22,25-26,28,32H,3H2,1-2H3/t22-,25+,26-,28+/m1/s1. The van der Waals surface area contributed by atoms with Gasteiger partial charge in [-0.1, -0.05) is 59.6 Å². The molecule has 0 amide bonds. The van der Waals surface area contributed by atoms with Gasteiger partial charge in [0.2, 0.25) is 12.0 Å². The number of allylic oxidation sites excluding steroid dienone is 1. The van der Waals surface area contributed by atoms with E-state index in [1.54, 1.807) is 85.8 Å². The van der Waals surface area contributed by atoms with Crippen LogP contribution in [0.15, 0.2) is 89.5 Å². The number of aliphatic hydroxyl groups is 1. The summed E-state index contributed by atoms with van der Waals surface area (Å²) < 4.78 is 40.6. The smallest absolute Gasteiger partial charge is 0.373 e. The molecule has 3 aromatic carbocycles. The summed E-state index contributed by atoms with van der Waals surface area (Å²) in [6.45, 7) is 3.71. The molecule has 0 saturated carbocycles. The highest BCUT2D eigenvalue weighted by Crippen LogP contribution is 2.54. The van der Waals surface area contributed by atoms with Crippen molar-refractivity contribution in [1.29, 1.82) is 0 Å². The Labute approximate surface area is 221 Å². The number of halogens is 1. The van der Waals surface area contributed by atoms with Crippen LogP contribution < -0.4 is 4.31 Å². The molecule has 3 aromatic rings. The molecule has 4 atom stereocenters. The predicted octanol–water partition coefficient (Wildman–Crippen LogP) is 5.09. The van der Waals surface area contributed by atoms with Crippen molar-refractivity contribution < 1.29 is 27.8 Å². The molecule has 0 radical (unpaired) electrons. The lowest BCUT2D eigenvalue weighted by molar-refractivity contribution is -0.161. The molecule has 0 unspecified atom stereocenters. The summed E-state index contributed by atoms with van der Waals surface area (Å²) in [7, 11) is -4.10. The van der Waals surface area contributed by atoms with Gasteiger partial charge >= 0.3 is 5.97 Å². The molecule has 2 heterocycles. The fourth-order valence-corrected chi connectivity index (χ4v) is 6.99. The van der Waals surface area contributed by atoms with Crippen LogP contribution in [0.2, 0.25) is 5.02 Å². The van der Waals surface area contributed by atoms with Gasteiger partial charge in [-0.25, -0.2) is 13.2 Å². The molecule has 1 N–H and O–H groups in total. The Bertz CT molecular complexity index is 1470. The van der Waals surface area contributed by atoms with E-state index in [-0.39, 0.29) is 17.3 Å². The molecule has 0 bridgehead atoms. The molecule has 192 valence electrons. The lowest BCUT2D eigenvalue weighted by atomic mass is 9.73. The van der Waals surface area contributed by atoms with Crippen molar-refractivity contribution in [1.82, 2.24) is 0 Å². The quantitative estimate of drug-likeness (QED) is 0.454. The Morgan fingerprint density at radius 1 is 1.08 bits per heavy atom. The summed E-state index contributed by atoms with van der Waals surface area (Å²) in [6.07, 6.45) is 0.115. The minimum Gasteiger partial charge on any atom is -0.460 e. The third-order valence-electron chi connectivity index (χ3n) is 6.72. The number of sulfonamides is 1. The van der Waals surface area contributed by atoms with E-state index in [1.807, 2.05) is 6.92 Å². The lowest BCUT2D eigenvalue weighted by Gasteiger charge is -2.48. The molecular weight excluding hydrogens is 514 g/mol. The zero-order chi connectivity index (χ0) is 26.3. The Morgan fingerprint density at radius 2 is 1.81 bits per heavy atom. The number of rotatable bonds is 5. The minimum absolute atomic E-state index is 0.106.